The summed E-state index contributed by atoms with van der Waals surface area (Å²) in [6, 6.07) is 0. The SMILES string of the molecule is COC(=O)C(C)(C)CS(=O)(=O)N(C)CCC(=O)O. The minimum Gasteiger partial charge on any atom is -0.481 e. The predicted molar refractivity (Wildman–Crippen MR) is 64.5 cm³/mol. The highest BCUT2D eigenvalue weighted by Gasteiger charge is 2.36. The standard InChI is InChI=1S/C10H19NO6S/c1-10(2,9(14)17-4)7-18(15,16)11(3)6-5-8(12)13/h5-7H2,1-4H3,(H,12,13). The molecule has 0 saturated heterocycles. The Kier molecular flexibility index (Phi) is 5.75. The van der Waals surface area contributed by atoms with Crippen LogP contribution in [0.4, 0.5) is 0 Å². The van der Waals surface area contributed by atoms with Crippen LogP contribution in [0.3, 0.4) is 0 Å². The Morgan fingerprint density at radius 1 is 1.33 bits per heavy atom. The lowest BCUT2D eigenvalue weighted by molar-refractivity contribution is -0.149. The highest BCUT2D eigenvalue weighted by molar-refractivity contribution is 7.89. The fourth-order valence-electron chi connectivity index (χ4n) is 1.29. The molecule has 0 aliphatic heterocycles. The van der Waals surface area contributed by atoms with Crippen LogP contribution in [0.15, 0.2) is 0 Å². The molecule has 18 heavy (non-hydrogen) atoms. The third-order valence-corrected chi connectivity index (χ3v) is 4.62. The number of hydrogen-bond acceptors (Lipinski definition) is 5. The van der Waals surface area contributed by atoms with Crippen LogP contribution < -0.4 is 0 Å². The normalized spacial score (nSPS) is 12.5. The summed E-state index contributed by atoms with van der Waals surface area (Å²) in [6.45, 7) is 2.79. The Balaban J connectivity index is 4.75. The molecule has 0 heterocycles. The van der Waals surface area contributed by atoms with Crippen LogP contribution in [-0.4, -0.2) is 56.2 Å². The van der Waals surface area contributed by atoms with Gasteiger partial charge in [-0.1, -0.05) is 0 Å². The molecule has 0 aliphatic carbocycles. The summed E-state index contributed by atoms with van der Waals surface area (Å²) in [6.07, 6.45) is -0.283. The minimum atomic E-state index is -3.70. The lowest BCUT2D eigenvalue weighted by Crippen LogP contribution is -2.40. The fourth-order valence-corrected chi connectivity index (χ4v) is 2.91. The number of nitrogens with zero attached hydrogens (tertiary/aromatic N) is 1. The van der Waals surface area contributed by atoms with Crippen LogP contribution in [0.2, 0.25) is 0 Å². The number of sulfonamides is 1. The van der Waals surface area contributed by atoms with E-state index in [4.69, 9.17) is 5.11 Å². The molecule has 0 unspecified atom stereocenters. The summed E-state index contributed by atoms with van der Waals surface area (Å²) in [4.78, 5) is 21.8. The second-order valence-electron chi connectivity index (χ2n) is 4.60. The zero-order chi connectivity index (χ0) is 14.6. The van der Waals surface area contributed by atoms with Crippen LogP contribution >= 0.6 is 0 Å². The van der Waals surface area contributed by atoms with Crippen molar-refractivity contribution in [1.29, 1.82) is 0 Å². The highest BCUT2D eigenvalue weighted by atomic mass is 32.2. The average molecular weight is 281 g/mol. The van der Waals surface area contributed by atoms with E-state index >= 15 is 0 Å². The van der Waals surface area contributed by atoms with Gasteiger partial charge < -0.3 is 9.84 Å². The smallest absolute Gasteiger partial charge is 0.312 e. The number of carbonyl (C=O) groups is 2. The maximum absolute atomic E-state index is 11.9. The van der Waals surface area contributed by atoms with Gasteiger partial charge in [-0.25, -0.2) is 12.7 Å². The number of methoxy groups -OCH3 is 1. The zero-order valence-corrected chi connectivity index (χ0v) is 11.8. The maximum Gasteiger partial charge on any atom is 0.312 e. The molecule has 0 amide bonds. The van der Waals surface area contributed by atoms with Gasteiger partial charge in [0, 0.05) is 13.6 Å². The van der Waals surface area contributed by atoms with Crippen LogP contribution in [0, 0.1) is 5.41 Å². The first-order valence-electron chi connectivity index (χ1n) is 5.27. The number of aliphatic carboxylic acids is 1. The Morgan fingerprint density at radius 3 is 2.22 bits per heavy atom. The van der Waals surface area contributed by atoms with E-state index in [0.29, 0.717) is 0 Å². The van der Waals surface area contributed by atoms with Crippen molar-refractivity contribution in [3.63, 3.8) is 0 Å². The number of hydrogen-bond donors (Lipinski definition) is 1. The van der Waals surface area contributed by atoms with E-state index in [1.165, 1.54) is 28.0 Å². The van der Waals surface area contributed by atoms with Gasteiger partial charge in [-0.05, 0) is 13.8 Å². The maximum atomic E-state index is 11.9. The Bertz CT molecular complexity index is 414. The molecule has 0 spiro atoms. The van der Waals surface area contributed by atoms with E-state index < -0.39 is 33.1 Å². The number of carboxylic acids is 1. The molecule has 1 N–H and O–H groups in total. The largest absolute Gasteiger partial charge is 0.481 e. The van der Waals surface area contributed by atoms with Crippen molar-refractivity contribution in [2.45, 2.75) is 20.3 Å². The molecule has 0 bridgehead atoms. The highest BCUT2D eigenvalue weighted by Crippen LogP contribution is 2.21. The second-order valence-corrected chi connectivity index (χ2v) is 6.67. The van der Waals surface area contributed by atoms with Gasteiger partial charge in [0.05, 0.1) is 24.7 Å². The summed E-state index contributed by atoms with van der Waals surface area (Å²) >= 11 is 0. The molecular formula is C10H19NO6S. The number of rotatable bonds is 7. The molecule has 0 atom stereocenters. The van der Waals surface area contributed by atoms with Crippen LogP contribution in [0.5, 0.6) is 0 Å². The van der Waals surface area contributed by atoms with Crippen molar-refractivity contribution in [3.05, 3.63) is 0 Å². The summed E-state index contributed by atoms with van der Waals surface area (Å²) in [5, 5.41) is 8.49. The zero-order valence-electron chi connectivity index (χ0n) is 11.0. The van der Waals surface area contributed by atoms with Gasteiger partial charge in [0.2, 0.25) is 10.0 Å². The second kappa shape index (κ2) is 6.14. The lowest BCUT2D eigenvalue weighted by atomic mass is 9.97. The molecule has 106 valence electrons. The Morgan fingerprint density at radius 2 is 1.83 bits per heavy atom. The van der Waals surface area contributed by atoms with Crippen molar-refractivity contribution in [3.8, 4) is 0 Å². The van der Waals surface area contributed by atoms with Crippen LogP contribution in [0.25, 0.3) is 0 Å². The summed E-state index contributed by atoms with van der Waals surface area (Å²) in [7, 11) is -1.23. The van der Waals surface area contributed by atoms with Crippen molar-refractivity contribution < 1.29 is 27.9 Å². The fraction of sp³-hybridized carbons (Fsp3) is 0.800. The van der Waals surface area contributed by atoms with E-state index in [1.807, 2.05) is 0 Å². The third-order valence-electron chi connectivity index (χ3n) is 2.40. The van der Waals surface area contributed by atoms with E-state index in [0.717, 1.165) is 4.31 Å². The molecule has 0 aromatic heterocycles. The lowest BCUT2D eigenvalue weighted by Gasteiger charge is -2.24. The van der Waals surface area contributed by atoms with E-state index in [2.05, 4.69) is 4.74 Å². The van der Waals surface area contributed by atoms with Gasteiger partial charge in [-0.3, -0.25) is 9.59 Å². The Hall–Kier alpha value is -1.15. The van der Waals surface area contributed by atoms with Crippen molar-refractivity contribution >= 4 is 22.0 Å². The number of carbonyl (C=O) groups excluding carboxylic acids is 1. The van der Waals surface area contributed by atoms with E-state index in [9.17, 15) is 18.0 Å². The molecule has 0 aromatic carbocycles. The summed E-state index contributed by atoms with van der Waals surface area (Å²) < 4.78 is 29.3. The first kappa shape index (κ1) is 16.9. The summed E-state index contributed by atoms with van der Waals surface area (Å²) in [5.74, 6) is -2.13. The van der Waals surface area contributed by atoms with Crippen molar-refractivity contribution in [2.75, 3.05) is 26.5 Å². The van der Waals surface area contributed by atoms with Gasteiger partial charge in [0.15, 0.2) is 0 Å². The summed E-state index contributed by atoms with van der Waals surface area (Å²) in [5.41, 5.74) is -1.18. The van der Waals surface area contributed by atoms with E-state index in [-0.39, 0.29) is 13.0 Å². The molecule has 0 radical (unpaired) electrons. The van der Waals surface area contributed by atoms with Gasteiger partial charge >= 0.3 is 11.9 Å². The van der Waals surface area contributed by atoms with Gasteiger partial charge in [0.25, 0.3) is 0 Å². The third kappa shape index (κ3) is 5.01. The first-order valence-corrected chi connectivity index (χ1v) is 6.88. The topological polar surface area (TPSA) is 101 Å². The molecule has 0 saturated carbocycles. The van der Waals surface area contributed by atoms with Gasteiger partial charge in [-0.15, -0.1) is 0 Å². The monoisotopic (exact) mass is 281 g/mol. The molecule has 0 fully saturated rings. The first-order chi connectivity index (χ1) is 8.03. The Labute approximate surface area is 107 Å². The van der Waals surface area contributed by atoms with Crippen LogP contribution in [-0.2, 0) is 24.3 Å². The van der Waals surface area contributed by atoms with Gasteiger partial charge in [-0.2, -0.15) is 0 Å². The number of ether oxygens (including phenoxy) is 1. The molecular weight excluding hydrogens is 262 g/mol. The number of carboxylic acid groups (broad SMARTS) is 1. The molecule has 0 aromatic rings. The molecule has 7 nitrogen and oxygen atoms in total. The van der Waals surface area contributed by atoms with E-state index in [1.54, 1.807) is 0 Å². The predicted octanol–water partition coefficient (Wildman–Crippen LogP) is -0.0781. The molecule has 8 heteroatoms. The number of esters is 1. The average Bonchev–Trinajstić information content (AvgIpc) is 2.22. The van der Waals surface area contributed by atoms with Crippen molar-refractivity contribution in [2.24, 2.45) is 5.41 Å². The van der Waals surface area contributed by atoms with Crippen LogP contribution in [0.1, 0.15) is 20.3 Å². The van der Waals surface area contributed by atoms with Crippen molar-refractivity contribution in [1.82, 2.24) is 4.31 Å². The quantitative estimate of drug-likeness (QED) is 0.655. The molecule has 0 aliphatic rings. The minimum absolute atomic E-state index is 0.130. The molecule has 0 rings (SSSR count). The van der Waals surface area contributed by atoms with Gasteiger partial charge in [0.1, 0.15) is 0 Å².